The Morgan fingerprint density at radius 1 is 1.11 bits per heavy atom. The van der Waals surface area contributed by atoms with E-state index in [1.165, 1.54) is 11.6 Å². The number of hydrogen-bond donors (Lipinski definition) is 2. The van der Waals surface area contributed by atoms with Crippen LogP contribution >= 0.6 is 0 Å². The van der Waals surface area contributed by atoms with Gasteiger partial charge in [0.15, 0.2) is 0 Å². The van der Waals surface area contributed by atoms with Crippen molar-refractivity contribution < 1.29 is 9.13 Å². The highest BCUT2D eigenvalue weighted by Crippen LogP contribution is 2.29. The van der Waals surface area contributed by atoms with Gasteiger partial charge in [0, 0.05) is 11.4 Å². The van der Waals surface area contributed by atoms with E-state index >= 15 is 0 Å². The zero-order valence-electron chi connectivity index (χ0n) is 10.4. The van der Waals surface area contributed by atoms with Crippen LogP contribution in [0.25, 0.3) is 0 Å². The first-order chi connectivity index (χ1) is 9.22. The van der Waals surface area contributed by atoms with Crippen molar-refractivity contribution in [2.75, 3.05) is 17.7 Å². The van der Waals surface area contributed by atoms with Crippen LogP contribution in [0.2, 0.25) is 0 Å². The SMILES string of the molecule is Nc1ccc(Nc2ccc3c(c2)CCCO3)cc1F. The van der Waals surface area contributed by atoms with Gasteiger partial charge in [-0.1, -0.05) is 0 Å². The molecule has 2 aromatic rings. The minimum Gasteiger partial charge on any atom is -0.493 e. The average molecular weight is 258 g/mol. The zero-order valence-corrected chi connectivity index (χ0v) is 10.4. The molecule has 3 N–H and O–H groups in total. The number of halogens is 1. The smallest absolute Gasteiger partial charge is 0.148 e. The van der Waals surface area contributed by atoms with E-state index in [1.807, 2.05) is 18.2 Å². The monoisotopic (exact) mass is 258 g/mol. The Labute approximate surface area is 111 Å². The molecule has 1 aliphatic rings. The number of ether oxygens (including phenoxy) is 1. The van der Waals surface area contributed by atoms with Crippen LogP contribution in [0.5, 0.6) is 5.75 Å². The first-order valence-corrected chi connectivity index (χ1v) is 6.30. The van der Waals surface area contributed by atoms with Crippen LogP contribution in [-0.2, 0) is 6.42 Å². The van der Waals surface area contributed by atoms with Crippen LogP contribution in [-0.4, -0.2) is 6.61 Å². The molecule has 0 unspecified atom stereocenters. The number of nitrogen functional groups attached to an aromatic ring is 1. The van der Waals surface area contributed by atoms with E-state index in [9.17, 15) is 4.39 Å². The number of aryl methyl sites for hydroxylation is 1. The number of anilines is 3. The van der Waals surface area contributed by atoms with Gasteiger partial charge < -0.3 is 15.8 Å². The Morgan fingerprint density at radius 2 is 1.89 bits per heavy atom. The molecule has 98 valence electrons. The standard InChI is InChI=1S/C15H15FN2O/c16-13-9-12(3-5-14(13)17)18-11-4-6-15-10(8-11)2-1-7-19-15/h3-6,8-9,18H,1-2,7,17H2. The van der Waals surface area contributed by atoms with Crippen molar-refractivity contribution in [1.82, 2.24) is 0 Å². The van der Waals surface area contributed by atoms with Gasteiger partial charge in [-0.3, -0.25) is 0 Å². The van der Waals surface area contributed by atoms with Crippen molar-refractivity contribution in [3.8, 4) is 5.75 Å². The fourth-order valence-corrected chi connectivity index (χ4v) is 2.21. The van der Waals surface area contributed by atoms with Gasteiger partial charge >= 0.3 is 0 Å². The maximum atomic E-state index is 13.4. The largest absolute Gasteiger partial charge is 0.493 e. The minimum atomic E-state index is -0.411. The van der Waals surface area contributed by atoms with Crippen molar-refractivity contribution in [1.29, 1.82) is 0 Å². The lowest BCUT2D eigenvalue weighted by molar-refractivity contribution is 0.288. The summed E-state index contributed by atoms with van der Waals surface area (Å²) in [5.74, 6) is 0.534. The predicted molar refractivity (Wildman–Crippen MR) is 74.4 cm³/mol. The summed E-state index contributed by atoms with van der Waals surface area (Å²) in [6.07, 6.45) is 2.05. The van der Waals surface area contributed by atoms with Gasteiger partial charge in [-0.05, 0) is 54.8 Å². The van der Waals surface area contributed by atoms with Gasteiger partial charge in [0.25, 0.3) is 0 Å². The topological polar surface area (TPSA) is 47.3 Å². The molecule has 1 heterocycles. The molecule has 19 heavy (non-hydrogen) atoms. The molecule has 4 heteroatoms. The second kappa shape index (κ2) is 4.80. The van der Waals surface area contributed by atoms with E-state index in [4.69, 9.17) is 10.5 Å². The summed E-state index contributed by atoms with van der Waals surface area (Å²) in [6.45, 7) is 0.781. The second-order valence-electron chi connectivity index (χ2n) is 4.64. The first-order valence-electron chi connectivity index (χ1n) is 6.30. The molecule has 0 radical (unpaired) electrons. The molecule has 2 aromatic carbocycles. The average Bonchev–Trinajstić information content (AvgIpc) is 2.43. The zero-order chi connectivity index (χ0) is 13.2. The highest BCUT2D eigenvalue weighted by molar-refractivity contribution is 5.64. The fourth-order valence-electron chi connectivity index (χ4n) is 2.21. The molecule has 0 aromatic heterocycles. The van der Waals surface area contributed by atoms with Crippen molar-refractivity contribution in [2.45, 2.75) is 12.8 Å². The molecule has 0 saturated carbocycles. The van der Waals surface area contributed by atoms with Crippen molar-refractivity contribution in [3.63, 3.8) is 0 Å². The summed E-state index contributed by atoms with van der Waals surface area (Å²) in [6, 6.07) is 10.6. The summed E-state index contributed by atoms with van der Waals surface area (Å²) in [7, 11) is 0. The van der Waals surface area contributed by atoms with Crippen molar-refractivity contribution in [2.24, 2.45) is 0 Å². The maximum absolute atomic E-state index is 13.4. The van der Waals surface area contributed by atoms with E-state index in [1.54, 1.807) is 12.1 Å². The van der Waals surface area contributed by atoms with Crippen molar-refractivity contribution >= 4 is 17.1 Å². The highest BCUT2D eigenvalue weighted by Gasteiger charge is 2.10. The van der Waals surface area contributed by atoms with Crippen LogP contribution in [0.3, 0.4) is 0 Å². The molecule has 0 fully saturated rings. The van der Waals surface area contributed by atoms with Gasteiger partial charge in [0.05, 0.1) is 12.3 Å². The number of rotatable bonds is 2. The third kappa shape index (κ3) is 2.47. The second-order valence-corrected chi connectivity index (χ2v) is 4.64. The molecule has 3 rings (SSSR count). The highest BCUT2D eigenvalue weighted by atomic mass is 19.1. The number of nitrogens with two attached hydrogens (primary N) is 1. The predicted octanol–water partition coefficient (Wildman–Crippen LogP) is 3.48. The van der Waals surface area contributed by atoms with Crippen LogP contribution in [0.15, 0.2) is 36.4 Å². The van der Waals surface area contributed by atoms with Gasteiger partial charge in [-0.25, -0.2) is 4.39 Å². The Morgan fingerprint density at radius 3 is 2.74 bits per heavy atom. The molecule has 0 amide bonds. The summed E-state index contributed by atoms with van der Waals surface area (Å²) < 4.78 is 18.9. The molecule has 3 nitrogen and oxygen atoms in total. The number of fused-ring (bicyclic) bond motifs is 1. The number of benzene rings is 2. The minimum absolute atomic E-state index is 0.157. The van der Waals surface area contributed by atoms with Crippen LogP contribution in [0.4, 0.5) is 21.5 Å². The van der Waals surface area contributed by atoms with Gasteiger partial charge in [-0.2, -0.15) is 0 Å². The molecule has 0 saturated heterocycles. The number of nitrogens with one attached hydrogen (secondary N) is 1. The van der Waals surface area contributed by atoms with E-state index in [2.05, 4.69) is 5.32 Å². The van der Waals surface area contributed by atoms with Gasteiger partial charge in [0.1, 0.15) is 11.6 Å². The molecule has 0 atom stereocenters. The molecule has 1 aliphatic heterocycles. The lowest BCUT2D eigenvalue weighted by Gasteiger charge is -2.18. The Bertz CT molecular complexity index is 613. The summed E-state index contributed by atoms with van der Waals surface area (Å²) >= 11 is 0. The summed E-state index contributed by atoms with van der Waals surface area (Å²) in [5.41, 5.74) is 8.41. The van der Waals surface area contributed by atoms with Crippen LogP contribution < -0.4 is 15.8 Å². The van der Waals surface area contributed by atoms with E-state index in [0.29, 0.717) is 5.69 Å². The summed E-state index contributed by atoms with van der Waals surface area (Å²) in [4.78, 5) is 0. The Kier molecular flexibility index (Phi) is 2.99. The normalized spacial score (nSPS) is 13.5. The van der Waals surface area contributed by atoms with E-state index in [-0.39, 0.29) is 5.69 Å². The van der Waals surface area contributed by atoms with Crippen LogP contribution in [0, 0.1) is 5.82 Å². The quantitative estimate of drug-likeness (QED) is 0.811. The van der Waals surface area contributed by atoms with Gasteiger partial charge in [-0.15, -0.1) is 0 Å². The third-order valence-corrected chi connectivity index (χ3v) is 3.20. The summed E-state index contributed by atoms with van der Waals surface area (Å²) in [5, 5.41) is 3.17. The van der Waals surface area contributed by atoms with Gasteiger partial charge in [0.2, 0.25) is 0 Å². The molecule has 0 aliphatic carbocycles. The maximum Gasteiger partial charge on any atom is 0.148 e. The lowest BCUT2D eigenvalue weighted by Crippen LogP contribution is -2.08. The fraction of sp³-hybridized carbons (Fsp3) is 0.200. The Hall–Kier alpha value is -2.23. The van der Waals surface area contributed by atoms with E-state index < -0.39 is 5.82 Å². The number of hydrogen-bond acceptors (Lipinski definition) is 3. The third-order valence-electron chi connectivity index (χ3n) is 3.20. The molecular weight excluding hydrogens is 243 g/mol. The molecular formula is C15H15FN2O. The van der Waals surface area contributed by atoms with E-state index in [0.717, 1.165) is 30.9 Å². The van der Waals surface area contributed by atoms with Crippen LogP contribution in [0.1, 0.15) is 12.0 Å². The van der Waals surface area contributed by atoms with Crippen molar-refractivity contribution in [3.05, 3.63) is 47.8 Å². The lowest BCUT2D eigenvalue weighted by atomic mass is 10.1. The first kappa shape index (κ1) is 11.8. The Balaban J connectivity index is 1.84. The molecule has 0 bridgehead atoms. The molecule has 0 spiro atoms.